The number of fused-ring (bicyclic) bond motifs is 1. The van der Waals surface area contributed by atoms with Crippen LogP contribution in [-0.2, 0) is 6.42 Å². The highest BCUT2D eigenvalue weighted by Gasteiger charge is 2.17. The molecule has 0 saturated heterocycles. The molecule has 2 atom stereocenters. The molecule has 0 aliphatic carbocycles. The zero-order valence-electron chi connectivity index (χ0n) is 11.9. The Bertz CT molecular complexity index is 535. The average molecular weight is 280 g/mol. The van der Waals surface area contributed by atoms with Crippen LogP contribution in [0, 0.1) is 5.92 Å². The predicted molar refractivity (Wildman–Crippen MR) is 80.7 cm³/mol. The monoisotopic (exact) mass is 279 g/mol. The number of halogens is 1. The van der Waals surface area contributed by atoms with Crippen LogP contribution < -0.4 is 0 Å². The predicted octanol–water partition coefficient (Wildman–Crippen LogP) is 4.21. The van der Waals surface area contributed by atoms with E-state index in [1.807, 2.05) is 18.5 Å². The van der Waals surface area contributed by atoms with Gasteiger partial charge < -0.3 is 4.57 Å². The Labute approximate surface area is 120 Å². The maximum Gasteiger partial charge on any atom is 0.111 e. The van der Waals surface area contributed by atoms with Gasteiger partial charge in [-0.05, 0) is 25.3 Å². The zero-order valence-corrected chi connectivity index (χ0v) is 12.7. The SMILES string of the molecule is CCC(C)CC(C)n1c(CCCl)nc2cnccc21. The summed E-state index contributed by atoms with van der Waals surface area (Å²) in [5, 5.41) is 0. The van der Waals surface area contributed by atoms with Crippen LogP contribution in [0.5, 0.6) is 0 Å². The number of alkyl halides is 1. The van der Waals surface area contributed by atoms with Crippen LogP contribution in [0.25, 0.3) is 11.0 Å². The highest BCUT2D eigenvalue weighted by molar-refractivity contribution is 6.17. The molecule has 104 valence electrons. The average Bonchev–Trinajstić information content (AvgIpc) is 2.76. The van der Waals surface area contributed by atoms with Gasteiger partial charge in [0.05, 0.1) is 11.7 Å². The number of imidazole rings is 1. The highest BCUT2D eigenvalue weighted by Crippen LogP contribution is 2.26. The molecule has 0 saturated carbocycles. The summed E-state index contributed by atoms with van der Waals surface area (Å²) in [6.45, 7) is 6.82. The summed E-state index contributed by atoms with van der Waals surface area (Å²) in [5.74, 6) is 2.40. The molecule has 2 unspecified atom stereocenters. The molecule has 19 heavy (non-hydrogen) atoms. The quantitative estimate of drug-likeness (QED) is 0.742. The minimum atomic E-state index is 0.445. The van der Waals surface area contributed by atoms with Crippen molar-refractivity contribution in [3.05, 3.63) is 24.3 Å². The molecule has 0 radical (unpaired) electrons. The van der Waals surface area contributed by atoms with Gasteiger partial charge in [0.25, 0.3) is 0 Å². The molecule has 2 rings (SSSR count). The molecule has 0 amide bonds. The van der Waals surface area contributed by atoms with Gasteiger partial charge in [-0.2, -0.15) is 0 Å². The molecule has 0 aromatic carbocycles. The van der Waals surface area contributed by atoms with Crippen molar-refractivity contribution in [3.8, 4) is 0 Å². The van der Waals surface area contributed by atoms with E-state index >= 15 is 0 Å². The first-order valence-corrected chi connectivity index (χ1v) is 7.57. The number of hydrogen-bond acceptors (Lipinski definition) is 2. The van der Waals surface area contributed by atoms with Crippen LogP contribution in [0.15, 0.2) is 18.5 Å². The van der Waals surface area contributed by atoms with Crippen LogP contribution in [0.1, 0.15) is 45.5 Å². The number of rotatable bonds is 6. The van der Waals surface area contributed by atoms with E-state index in [1.54, 1.807) is 0 Å². The zero-order chi connectivity index (χ0) is 13.8. The lowest BCUT2D eigenvalue weighted by molar-refractivity contribution is 0.397. The Hall–Kier alpha value is -1.09. The minimum Gasteiger partial charge on any atom is -0.325 e. The smallest absolute Gasteiger partial charge is 0.111 e. The Morgan fingerprint density at radius 2 is 2.16 bits per heavy atom. The van der Waals surface area contributed by atoms with Gasteiger partial charge in [-0.1, -0.05) is 20.3 Å². The molecule has 0 N–H and O–H groups in total. The van der Waals surface area contributed by atoms with Crippen molar-refractivity contribution >= 4 is 22.6 Å². The summed E-state index contributed by atoms with van der Waals surface area (Å²) in [5.41, 5.74) is 2.14. The lowest BCUT2D eigenvalue weighted by Crippen LogP contribution is -2.13. The first kappa shape index (κ1) is 14.3. The lowest BCUT2D eigenvalue weighted by Gasteiger charge is -2.20. The van der Waals surface area contributed by atoms with E-state index in [1.165, 1.54) is 18.4 Å². The first-order valence-electron chi connectivity index (χ1n) is 7.04. The lowest BCUT2D eigenvalue weighted by atomic mass is 10.00. The molecule has 0 bridgehead atoms. The number of aryl methyl sites for hydroxylation is 1. The van der Waals surface area contributed by atoms with Crippen molar-refractivity contribution in [2.75, 3.05) is 5.88 Å². The van der Waals surface area contributed by atoms with Crippen molar-refractivity contribution < 1.29 is 0 Å². The Kier molecular flexibility index (Phi) is 4.81. The number of pyridine rings is 1. The number of hydrogen-bond donors (Lipinski definition) is 0. The van der Waals surface area contributed by atoms with Crippen LogP contribution in [0.4, 0.5) is 0 Å². The molecule has 0 aliphatic rings. The molecule has 4 heteroatoms. The highest BCUT2D eigenvalue weighted by atomic mass is 35.5. The van der Waals surface area contributed by atoms with E-state index in [-0.39, 0.29) is 0 Å². The summed E-state index contributed by atoms with van der Waals surface area (Å²) >= 11 is 5.90. The van der Waals surface area contributed by atoms with Crippen LogP contribution >= 0.6 is 11.6 Å². The summed E-state index contributed by atoms with van der Waals surface area (Å²) in [6.07, 6.45) is 6.85. The summed E-state index contributed by atoms with van der Waals surface area (Å²) in [7, 11) is 0. The van der Waals surface area contributed by atoms with Gasteiger partial charge in [-0.15, -0.1) is 11.6 Å². The van der Waals surface area contributed by atoms with Gasteiger partial charge in [0.2, 0.25) is 0 Å². The van der Waals surface area contributed by atoms with E-state index in [9.17, 15) is 0 Å². The second-order valence-electron chi connectivity index (χ2n) is 5.30. The molecule has 0 fully saturated rings. The third kappa shape index (κ3) is 3.08. The van der Waals surface area contributed by atoms with E-state index in [0.29, 0.717) is 11.9 Å². The number of nitrogens with zero attached hydrogens (tertiary/aromatic N) is 3. The fourth-order valence-corrected chi connectivity index (χ4v) is 2.78. The summed E-state index contributed by atoms with van der Waals surface area (Å²) < 4.78 is 2.34. The van der Waals surface area contributed by atoms with Gasteiger partial charge in [-0.25, -0.2) is 4.98 Å². The summed E-state index contributed by atoms with van der Waals surface area (Å²) in [4.78, 5) is 8.83. The third-order valence-electron chi connectivity index (χ3n) is 3.76. The molecule has 2 heterocycles. The van der Waals surface area contributed by atoms with E-state index in [2.05, 4.69) is 35.3 Å². The maximum atomic E-state index is 5.90. The van der Waals surface area contributed by atoms with Crippen molar-refractivity contribution in [2.45, 2.75) is 46.1 Å². The van der Waals surface area contributed by atoms with Gasteiger partial charge in [0, 0.05) is 24.5 Å². The summed E-state index contributed by atoms with van der Waals surface area (Å²) in [6, 6.07) is 2.49. The van der Waals surface area contributed by atoms with Gasteiger partial charge in [-0.3, -0.25) is 4.98 Å². The molecule has 2 aromatic heterocycles. The fraction of sp³-hybridized carbons (Fsp3) is 0.600. The standard InChI is InChI=1S/C15H22ClN3/c1-4-11(2)9-12(3)19-14-6-8-17-10-13(14)18-15(19)5-7-16/h6,8,10-12H,4-5,7,9H2,1-3H3. The van der Waals surface area contributed by atoms with Crippen LogP contribution in [0.3, 0.4) is 0 Å². The van der Waals surface area contributed by atoms with Gasteiger partial charge in [0.1, 0.15) is 11.3 Å². The molecule has 0 aliphatic heterocycles. The molecular weight excluding hydrogens is 258 g/mol. The molecule has 2 aromatic rings. The molecule has 3 nitrogen and oxygen atoms in total. The van der Waals surface area contributed by atoms with E-state index in [4.69, 9.17) is 11.6 Å². The normalized spacial score (nSPS) is 14.7. The van der Waals surface area contributed by atoms with Crippen molar-refractivity contribution in [1.29, 1.82) is 0 Å². The van der Waals surface area contributed by atoms with E-state index < -0.39 is 0 Å². The first-order chi connectivity index (χ1) is 9.17. The Morgan fingerprint density at radius 3 is 2.84 bits per heavy atom. The van der Waals surface area contributed by atoms with Crippen LogP contribution in [0.2, 0.25) is 0 Å². The third-order valence-corrected chi connectivity index (χ3v) is 3.95. The van der Waals surface area contributed by atoms with Crippen LogP contribution in [-0.4, -0.2) is 20.4 Å². The second kappa shape index (κ2) is 6.38. The fourth-order valence-electron chi connectivity index (χ4n) is 2.61. The molecule has 0 spiro atoms. The van der Waals surface area contributed by atoms with E-state index in [0.717, 1.165) is 23.7 Å². The Balaban J connectivity index is 2.40. The topological polar surface area (TPSA) is 30.7 Å². The minimum absolute atomic E-state index is 0.445. The molecular formula is C15H22ClN3. The Morgan fingerprint density at radius 1 is 1.37 bits per heavy atom. The number of aromatic nitrogens is 3. The largest absolute Gasteiger partial charge is 0.325 e. The van der Waals surface area contributed by atoms with Gasteiger partial charge >= 0.3 is 0 Å². The maximum absolute atomic E-state index is 5.90. The van der Waals surface area contributed by atoms with Crippen molar-refractivity contribution in [3.63, 3.8) is 0 Å². The second-order valence-corrected chi connectivity index (χ2v) is 5.68. The van der Waals surface area contributed by atoms with Gasteiger partial charge in [0.15, 0.2) is 0 Å². The van der Waals surface area contributed by atoms with Crippen molar-refractivity contribution in [2.24, 2.45) is 5.92 Å². The van der Waals surface area contributed by atoms with Crippen molar-refractivity contribution in [1.82, 2.24) is 14.5 Å².